The Morgan fingerprint density at radius 3 is 2.58 bits per heavy atom. The van der Waals surface area contributed by atoms with Crippen LogP contribution in [0.4, 0.5) is 0 Å². The summed E-state index contributed by atoms with van der Waals surface area (Å²) in [5, 5.41) is 3.23. The molecular formula is C14H21ClN2O2. The highest BCUT2D eigenvalue weighted by Crippen LogP contribution is 2.06. The number of nitrogens with zero attached hydrogens (tertiary/aromatic N) is 1. The highest BCUT2D eigenvalue weighted by Gasteiger charge is 2.22. The molecule has 0 saturated carbocycles. The molecule has 106 valence electrons. The predicted octanol–water partition coefficient (Wildman–Crippen LogP) is 1.45. The molecule has 0 bridgehead atoms. The second-order valence-electron chi connectivity index (χ2n) is 4.51. The Kier molecular flexibility index (Phi) is 6.84. The molecule has 1 heterocycles. The van der Waals surface area contributed by atoms with E-state index in [9.17, 15) is 4.79 Å². The van der Waals surface area contributed by atoms with E-state index >= 15 is 0 Å². The molecule has 0 radical (unpaired) electrons. The van der Waals surface area contributed by atoms with Crippen molar-refractivity contribution in [3.8, 4) is 0 Å². The highest BCUT2D eigenvalue weighted by molar-refractivity contribution is 5.85. The molecule has 1 amide bonds. The Bertz CT molecular complexity index is 380. The number of piperazine rings is 1. The van der Waals surface area contributed by atoms with Crippen LogP contribution in [-0.4, -0.2) is 43.1 Å². The third kappa shape index (κ3) is 4.82. The normalized spacial score (nSPS) is 16.6. The van der Waals surface area contributed by atoms with Gasteiger partial charge in [0.05, 0.1) is 6.61 Å². The maximum atomic E-state index is 12.1. The first kappa shape index (κ1) is 16.0. The third-order valence-corrected chi connectivity index (χ3v) is 3.12. The Labute approximate surface area is 120 Å². The van der Waals surface area contributed by atoms with Gasteiger partial charge in [0.15, 0.2) is 0 Å². The first-order valence-corrected chi connectivity index (χ1v) is 6.42. The average Bonchev–Trinajstić information content (AvgIpc) is 2.46. The van der Waals surface area contributed by atoms with Crippen LogP contribution in [0.3, 0.4) is 0 Å². The van der Waals surface area contributed by atoms with Gasteiger partial charge in [0, 0.05) is 26.2 Å². The van der Waals surface area contributed by atoms with Crippen LogP contribution >= 0.6 is 12.4 Å². The number of nitrogens with one attached hydrogen (secondary N) is 1. The smallest absolute Gasteiger partial charge is 0.251 e. The second-order valence-corrected chi connectivity index (χ2v) is 4.51. The third-order valence-electron chi connectivity index (χ3n) is 3.12. The number of hydrogen-bond donors (Lipinski definition) is 1. The molecule has 1 aromatic carbocycles. The van der Waals surface area contributed by atoms with Crippen molar-refractivity contribution in [2.24, 2.45) is 0 Å². The minimum atomic E-state index is -0.372. The van der Waals surface area contributed by atoms with Gasteiger partial charge in [-0.05, 0) is 12.5 Å². The lowest BCUT2D eigenvalue weighted by Gasteiger charge is -2.29. The fourth-order valence-electron chi connectivity index (χ4n) is 2.01. The van der Waals surface area contributed by atoms with E-state index in [1.54, 1.807) is 0 Å². The number of halogens is 1. The van der Waals surface area contributed by atoms with Gasteiger partial charge in [0.25, 0.3) is 5.91 Å². The van der Waals surface area contributed by atoms with Gasteiger partial charge < -0.3 is 15.0 Å². The zero-order valence-corrected chi connectivity index (χ0v) is 12.0. The molecular weight excluding hydrogens is 264 g/mol. The molecule has 2 rings (SSSR count). The minimum Gasteiger partial charge on any atom is -0.364 e. The van der Waals surface area contributed by atoms with E-state index in [-0.39, 0.29) is 24.4 Å². The number of hydrogen-bond acceptors (Lipinski definition) is 3. The van der Waals surface area contributed by atoms with Crippen LogP contribution in [0, 0.1) is 0 Å². The summed E-state index contributed by atoms with van der Waals surface area (Å²) < 4.78 is 5.63. The maximum Gasteiger partial charge on any atom is 0.251 e. The van der Waals surface area contributed by atoms with E-state index in [0.717, 1.165) is 31.7 Å². The molecule has 19 heavy (non-hydrogen) atoms. The monoisotopic (exact) mass is 284 g/mol. The first-order chi connectivity index (χ1) is 8.77. The molecule has 1 atom stereocenters. The Morgan fingerprint density at radius 1 is 1.32 bits per heavy atom. The first-order valence-electron chi connectivity index (χ1n) is 6.42. The lowest BCUT2D eigenvalue weighted by molar-refractivity contribution is -0.144. The average molecular weight is 285 g/mol. The van der Waals surface area contributed by atoms with Crippen molar-refractivity contribution in [3.05, 3.63) is 35.9 Å². The summed E-state index contributed by atoms with van der Waals surface area (Å²) in [6.07, 6.45) is -0.372. The SMILES string of the molecule is CC(OCc1ccccc1)C(=O)N1CCNCC1.Cl. The lowest BCUT2D eigenvalue weighted by atomic mass is 10.2. The van der Waals surface area contributed by atoms with Crippen LogP contribution in [0.1, 0.15) is 12.5 Å². The van der Waals surface area contributed by atoms with Gasteiger partial charge in [-0.1, -0.05) is 30.3 Å². The Morgan fingerprint density at radius 2 is 1.95 bits per heavy atom. The highest BCUT2D eigenvalue weighted by atomic mass is 35.5. The Hall–Kier alpha value is -1.10. The molecule has 4 nitrogen and oxygen atoms in total. The molecule has 1 aromatic rings. The molecule has 0 aromatic heterocycles. The molecule has 1 aliphatic heterocycles. The predicted molar refractivity (Wildman–Crippen MR) is 77.4 cm³/mol. The number of carbonyl (C=O) groups excluding carboxylic acids is 1. The van der Waals surface area contributed by atoms with Gasteiger partial charge in [-0.2, -0.15) is 0 Å². The minimum absolute atomic E-state index is 0. The molecule has 1 fully saturated rings. The van der Waals surface area contributed by atoms with Crippen molar-refractivity contribution >= 4 is 18.3 Å². The quantitative estimate of drug-likeness (QED) is 0.910. The molecule has 0 spiro atoms. The van der Waals surface area contributed by atoms with E-state index in [2.05, 4.69) is 5.32 Å². The molecule has 1 N–H and O–H groups in total. The summed E-state index contributed by atoms with van der Waals surface area (Å²) in [7, 11) is 0. The largest absolute Gasteiger partial charge is 0.364 e. The van der Waals surface area contributed by atoms with E-state index in [1.807, 2.05) is 42.2 Å². The number of rotatable bonds is 4. The summed E-state index contributed by atoms with van der Waals surface area (Å²) in [6, 6.07) is 9.92. The van der Waals surface area contributed by atoms with E-state index in [1.165, 1.54) is 0 Å². The number of carbonyl (C=O) groups is 1. The standard InChI is InChI=1S/C14H20N2O2.ClH/c1-12(14(17)16-9-7-15-8-10-16)18-11-13-5-3-2-4-6-13;/h2-6,12,15H,7-11H2,1H3;1H. The molecule has 5 heteroatoms. The van der Waals surface area contributed by atoms with Crippen LogP contribution in [0.25, 0.3) is 0 Å². The van der Waals surface area contributed by atoms with Gasteiger partial charge >= 0.3 is 0 Å². The zero-order chi connectivity index (χ0) is 12.8. The van der Waals surface area contributed by atoms with Gasteiger partial charge in [-0.15, -0.1) is 12.4 Å². The molecule has 0 aliphatic carbocycles. The van der Waals surface area contributed by atoms with Crippen LogP contribution in [0.5, 0.6) is 0 Å². The van der Waals surface area contributed by atoms with Crippen LogP contribution < -0.4 is 5.32 Å². The maximum absolute atomic E-state index is 12.1. The topological polar surface area (TPSA) is 41.6 Å². The van der Waals surface area contributed by atoms with Crippen molar-refractivity contribution in [3.63, 3.8) is 0 Å². The summed E-state index contributed by atoms with van der Waals surface area (Å²) in [4.78, 5) is 14.0. The zero-order valence-electron chi connectivity index (χ0n) is 11.2. The van der Waals surface area contributed by atoms with Gasteiger partial charge in [-0.25, -0.2) is 0 Å². The lowest BCUT2D eigenvalue weighted by Crippen LogP contribution is -2.49. The summed E-state index contributed by atoms with van der Waals surface area (Å²) in [5.74, 6) is 0.0902. The van der Waals surface area contributed by atoms with E-state index in [0.29, 0.717) is 6.61 Å². The summed E-state index contributed by atoms with van der Waals surface area (Å²) >= 11 is 0. The van der Waals surface area contributed by atoms with Crippen molar-refractivity contribution in [2.75, 3.05) is 26.2 Å². The van der Waals surface area contributed by atoms with Crippen LogP contribution in [0.15, 0.2) is 30.3 Å². The van der Waals surface area contributed by atoms with E-state index in [4.69, 9.17) is 4.74 Å². The fourth-order valence-corrected chi connectivity index (χ4v) is 2.01. The molecule has 1 aliphatic rings. The molecule has 1 saturated heterocycles. The molecule has 1 unspecified atom stereocenters. The number of benzene rings is 1. The van der Waals surface area contributed by atoms with Crippen LogP contribution in [0.2, 0.25) is 0 Å². The number of amides is 1. The van der Waals surface area contributed by atoms with Crippen LogP contribution in [-0.2, 0) is 16.1 Å². The fraction of sp³-hybridized carbons (Fsp3) is 0.500. The summed E-state index contributed by atoms with van der Waals surface area (Å²) in [6.45, 7) is 5.61. The van der Waals surface area contributed by atoms with Crippen molar-refractivity contribution in [1.82, 2.24) is 10.2 Å². The van der Waals surface area contributed by atoms with Gasteiger partial charge in [0.2, 0.25) is 0 Å². The van der Waals surface area contributed by atoms with Crippen molar-refractivity contribution < 1.29 is 9.53 Å². The van der Waals surface area contributed by atoms with Crippen molar-refractivity contribution in [1.29, 1.82) is 0 Å². The van der Waals surface area contributed by atoms with E-state index < -0.39 is 0 Å². The van der Waals surface area contributed by atoms with Gasteiger partial charge in [0.1, 0.15) is 6.10 Å². The Balaban J connectivity index is 0.00000180. The van der Waals surface area contributed by atoms with Crippen molar-refractivity contribution in [2.45, 2.75) is 19.6 Å². The second kappa shape index (κ2) is 8.15. The summed E-state index contributed by atoms with van der Waals surface area (Å²) in [5.41, 5.74) is 1.09. The number of ether oxygens (including phenoxy) is 1. The van der Waals surface area contributed by atoms with Gasteiger partial charge in [-0.3, -0.25) is 4.79 Å².